The quantitative estimate of drug-likeness (QED) is 0.783. The molecule has 20 heavy (non-hydrogen) atoms. The Morgan fingerprint density at radius 1 is 1.20 bits per heavy atom. The summed E-state index contributed by atoms with van der Waals surface area (Å²) in [5.74, 6) is 0.544. The predicted octanol–water partition coefficient (Wildman–Crippen LogP) is 3.59. The zero-order valence-corrected chi connectivity index (χ0v) is 13.5. The van der Waals surface area contributed by atoms with Crippen LogP contribution in [0.2, 0.25) is 0 Å². The van der Waals surface area contributed by atoms with E-state index in [1.807, 2.05) is 13.0 Å². The van der Waals surface area contributed by atoms with Crippen LogP contribution >= 0.6 is 0 Å². The number of aryl methyl sites for hydroxylation is 1. The lowest BCUT2D eigenvalue weighted by atomic mass is 9.93. The van der Waals surface area contributed by atoms with Crippen LogP contribution in [-0.4, -0.2) is 31.6 Å². The van der Waals surface area contributed by atoms with Gasteiger partial charge in [0.25, 0.3) is 0 Å². The van der Waals surface area contributed by atoms with E-state index in [-0.39, 0.29) is 5.82 Å². The zero-order chi connectivity index (χ0) is 15.1. The predicted molar refractivity (Wildman–Crippen MR) is 84.4 cm³/mol. The summed E-state index contributed by atoms with van der Waals surface area (Å²) in [6.45, 7) is 8.20. The molecule has 3 heteroatoms. The van der Waals surface area contributed by atoms with Crippen LogP contribution in [0.4, 0.5) is 4.39 Å². The molecule has 0 amide bonds. The van der Waals surface area contributed by atoms with Crippen molar-refractivity contribution in [1.29, 1.82) is 0 Å². The molecule has 0 heterocycles. The second-order valence-corrected chi connectivity index (χ2v) is 5.81. The van der Waals surface area contributed by atoms with Crippen LogP contribution in [0.1, 0.15) is 37.8 Å². The van der Waals surface area contributed by atoms with Crippen molar-refractivity contribution in [3.63, 3.8) is 0 Å². The fourth-order valence-corrected chi connectivity index (χ4v) is 2.79. The van der Waals surface area contributed by atoms with Crippen LogP contribution in [0, 0.1) is 18.7 Å². The summed E-state index contributed by atoms with van der Waals surface area (Å²) in [5.41, 5.74) is 2.19. The van der Waals surface area contributed by atoms with E-state index in [9.17, 15) is 4.39 Å². The Morgan fingerprint density at radius 2 is 1.85 bits per heavy atom. The topological polar surface area (TPSA) is 15.3 Å². The Bertz CT molecular complexity index is 400. The third-order valence-corrected chi connectivity index (χ3v) is 4.24. The molecule has 0 aliphatic heterocycles. The molecule has 0 aromatic heterocycles. The van der Waals surface area contributed by atoms with Crippen LogP contribution in [-0.2, 0) is 6.54 Å². The second kappa shape index (κ2) is 8.38. The van der Waals surface area contributed by atoms with E-state index in [2.05, 4.69) is 38.2 Å². The molecule has 0 aliphatic carbocycles. The molecular formula is C17H29FN2. The fourth-order valence-electron chi connectivity index (χ4n) is 2.79. The van der Waals surface area contributed by atoms with Gasteiger partial charge < -0.3 is 10.2 Å². The van der Waals surface area contributed by atoms with Crippen molar-refractivity contribution in [2.75, 3.05) is 20.6 Å². The third-order valence-electron chi connectivity index (χ3n) is 4.24. The summed E-state index contributed by atoms with van der Waals surface area (Å²) >= 11 is 0. The molecule has 1 aromatic rings. The van der Waals surface area contributed by atoms with Crippen LogP contribution in [0.5, 0.6) is 0 Å². The number of hydrogen-bond donors (Lipinski definition) is 1. The van der Waals surface area contributed by atoms with Crippen molar-refractivity contribution in [2.24, 2.45) is 5.92 Å². The van der Waals surface area contributed by atoms with Gasteiger partial charge in [0.15, 0.2) is 0 Å². The van der Waals surface area contributed by atoms with Crippen LogP contribution in [0.3, 0.4) is 0 Å². The molecule has 1 rings (SSSR count). The van der Waals surface area contributed by atoms with Gasteiger partial charge in [-0.3, -0.25) is 0 Å². The highest BCUT2D eigenvalue weighted by Gasteiger charge is 2.20. The average molecular weight is 280 g/mol. The van der Waals surface area contributed by atoms with E-state index < -0.39 is 0 Å². The molecule has 0 saturated heterocycles. The molecule has 0 bridgehead atoms. The summed E-state index contributed by atoms with van der Waals surface area (Å²) in [6, 6.07) is 5.52. The number of halogens is 1. The number of rotatable bonds is 8. The van der Waals surface area contributed by atoms with E-state index >= 15 is 0 Å². The van der Waals surface area contributed by atoms with Crippen LogP contribution in [0.25, 0.3) is 0 Å². The lowest BCUT2D eigenvalue weighted by Crippen LogP contribution is -2.42. The maximum absolute atomic E-state index is 13.3. The fraction of sp³-hybridized carbons (Fsp3) is 0.647. The van der Waals surface area contributed by atoms with Crippen molar-refractivity contribution in [1.82, 2.24) is 10.2 Å². The number of nitrogens with zero attached hydrogens (tertiary/aromatic N) is 1. The number of likely N-dealkylation sites (N-methyl/N-ethyl adjacent to an activating group) is 1. The van der Waals surface area contributed by atoms with Gasteiger partial charge in [-0.25, -0.2) is 4.39 Å². The van der Waals surface area contributed by atoms with Gasteiger partial charge in [0.1, 0.15) is 5.82 Å². The highest BCUT2D eigenvalue weighted by Crippen LogP contribution is 2.17. The molecule has 0 saturated carbocycles. The Hall–Kier alpha value is -0.930. The highest BCUT2D eigenvalue weighted by molar-refractivity contribution is 5.26. The summed E-state index contributed by atoms with van der Waals surface area (Å²) in [7, 11) is 4.27. The smallest absolute Gasteiger partial charge is 0.123 e. The third kappa shape index (κ3) is 4.88. The first kappa shape index (κ1) is 17.1. The van der Waals surface area contributed by atoms with Crippen molar-refractivity contribution in [3.05, 3.63) is 35.1 Å². The zero-order valence-electron chi connectivity index (χ0n) is 13.5. The molecule has 0 fully saturated rings. The summed E-state index contributed by atoms with van der Waals surface area (Å²) in [5, 5.41) is 3.49. The van der Waals surface area contributed by atoms with Crippen LogP contribution in [0.15, 0.2) is 18.2 Å². The van der Waals surface area contributed by atoms with Gasteiger partial charge in [-0.2, -0.15) is 0 Å². The first-order chi connectivity index (χ1) is 9.49. The molecule has 114 valence electrons. The normalized spacial score (nSPS) is 13.2. The van der Waals surface area contributed by atoms with Gasteiger partial charge in [-0.15, -0.1) is 0 Å². The minimum absolute atomic E-state index is 0.156. The molecule has 1 N–H and O–H groups in total. The van der Waals surface area contributed by atoms with E-state index in [1.165, 1.54) is 18.9 Å². The Kier molecular flexibility index (Phi) is 7.17. The lowest BCUT2D eigenvalue weighted by Gasteiger charge is -2.31. The van der Waals surface area contributed by atoms with Gasteiger partial charge >= 0.3 is 0 Å². The summed E-state index contributed by atoms with van der Waals surface area (Å²) < 4.78 is 13.3. The molecule has 0 radical (unpaired) electrons. The van der Waals surface area contributed by atoms with Crippen molar-refractivity contribution < 1.29 is 4.39 Å². The largest absolute Gasteiger partial charge is 0.311 e. The standard InChI is InChI=1S/C17H29FN2/c1-6-14(7-2)17(20(4)5)12-19-11-15-10-16(18)9-8-13(15)3/h8-10,14,17,19H,6-7,11-12H2,1-5H3. The highest BCUT2D eigenvalue weighted by atomic mass is 19.1. The average Bonchev–Trinajstić information content (AvgIpc) is 2.41. The lowest BCUT2D eigenvalue weighted by molar-refractivity contribution is 0.194. The second-order valence-electron chi connectivity index (χ2n) is 5.81. The van der Waals surface area contributed by atoms with Gasteiger partial charge in [0.05, 0.1) is 0 Å². The van der Waals surface area contributed by atoms with Gasteiger partial charge in [0.2, 0.25) is 0 Å². The van der Waals surface area contributed by atoms with E-state index in [4.69, 9.17) is 0 Å². The Morgan fingerprint density at radius 3 is 2.40 bits per heavy atom. The van der Waals surface area contributed by atoms with E-state index in [1.54, 1.807) is 6.07 Å². The molecule has 2 nitrogen and oxygen atoms in total. The Labute approximate surface area is 123 Å². The van der Waals surface area contributed by atoms with E-state index in [0.29, 0.717) is 12.0 Å². The van der Waals surface area contributed by atoms with Crippen molar-refractivity contribution in [3.8, 4) is 0 Å². The molecule has 0 spiro atoms. The molecule has 1 aromatic carbocycles. The maximum Gasteiger partial charge on any atom is 0.123 e. The number of benzene rings is 1. The molecule has 1 unspecified atom stereocenters. The first-order valence-electron chi connectivity index (χ1n) is 7.61. The van der Waals surface area contributed by atoms with Gasteiger partial charge in [-0.05, 0) is 50.2 Å². The maximum atomic E-state index is 13.3. The molecular weight excluding hydrogens is 251 g/mol. The van der Waals surface area contributed by atoms with Gasteiger partial charge in [0, 0.05) is 19.1 Å². The first-order valence-corrected chi connectivity index (χ1v) is 7.61. The Balaban J connectivity index is 2.58. The molecule has 1 atom stereocenters. The molecule has 0 aliphatic rings. The van der Waals surface area contributed by atoms with Crippen molar-refractivity contribution in [2.45, 2.75) is 46.2 Å². The minimum Gasteiger partial charge on any atom is -0.311 e. The van der Waals surface area contributed by atoms with Crippen LogP contribution < -0.4 is 5.32 Å². The van der Waals surface area contributed by atoms with Crippen molar-refractivity contribution >= 4 is 0 Å². The van der Waals surface area contributed by atoms with Gasteiger partial charge in [-0.1, -0.05) is 32.8 Å². The number of hydrogen-bond acceptors (Lipinski definition) is 2. The SMILES string of the molecule is CCC(CC)C(CNCc1cc(F)ccc1C)N(C)C. The monoisotopic (exact) mass is 280 g/mol. The summed E-state index contributed by atoms with van der Waals surface area (Å²) in [6.07, 6.45) is 2.39. The minimum atomic E-state index is -0.156. The summed E-state index contributed by atoms with van der Waals surface area (Å²) in [4.78, 5) is 2.29. The number of nitrogens with one attached hydrogen (secondary N) is 1. The van der Waals surface area contributed by atoms with E-state index in [0.717, 1.165) is 24.2 Å².